The van der Waals surface area contributed by atoms with Crippen LogP contribution in [0.4, 0.5) is 13.2 Å². The second-order valence-electron chi connectivity index (χ2n) is 2.91. The Hall–Kier alpha value is -0.750. The topological polar surface area (TPSA) is 29.5 Å². The summed E-state index contributed by atoms with van der Waals surface area (Å²) in [6.45, 7) is 1.46. The number of benzene rings is 1. The van der Waals surface area contributed by atoms with Crippen molar-refractivity contribution in [3.05, 3.63) is 28.2 Å². The van der Waals surface area contributed by atoms with Crippen molar-refractivity contribution in [1.82, 2.24) is 0 Å². The lowest BCUT2D eigenvalue weighted by molar-refractivity contribution is -0.274. The van der Waals surface area contributed by atoms with Gasteiger partial charge in [0.05, 0.1) is 10.6 Å². The van der Waals surface area contributed by atoms with Crippen LogP contribution in [-0.2, 0) is 0 Å². The summed E-state index contributed by atoms with van der Waals surface area (Å²) in [7, 11) is 0. The predicted octanol–water partition coefficient (Wildman–Crippen LogP) is 3.40. The van der Waals surface area contributed by atoms with Crippen molar-refractivity contribution < 1.29 is 23.0 Å². The van der Waals surface area contributed by atoms with Crippen LogP contribution in [-0.4, -0.2) is 11.5 Å². The van der Waals surface area contributed by atoms with E-state index in [4.69, 9.17) is 0 Å². The molecule has 0 aromatic heterocycles. The van der Waals surface area contributed by atoms with E-state index in [0.29, 0.717) is 5.56 Å². The first-order valence-electron chi connectivity index (χ1n) is 4.03. The van der Waals surface area contributed by atoms with Gasteiger partial charge in [-0.1, -0.05) is 6.07 Å². The Morgan fingerprint density at radius 2 is 2.00 bits per heavy atom. The van der Waals surface area contributed by atoms with E-state index in [9.17, 15) is 18.3 Å². The van der Waals surface area contributed by atoms with Gasteiger partial charge in [0.1, 0.15) is 5.75 Å². The molecule has 2 nitrogen and oxygen atoms in total. The molecule has 84 valence electrons. The molecule has 0 radical (unpaired) electrons. The first-order valence-corrected chi connectivity index (χ1v) is 4.82. The third-order valence-electron chi connectivity index (χ3n) is 1.66. The molecule has 0 saturated heterocycles. The fourth-order valence-electron chi connectivity index (χ4n) is 0.983. The fourth-order valence-corrected chi connectivity index (χ4v) is 1.31. The van der Waals surface area contributed by atoms with Gasteiger partial charge in [0, 0.05) is 0 Å². The summed E-state index contributed by atoms with van der Waals surface area (Å²) >= 11 is 2.93. The van der Waals surface area contributed by atoms with Crippen molar-refractivity contribution in [2.24, 2.45) is 0 Å². The lowest BCUT2D eigenvalue weighted by Gasteiger charge is -2.12. The van der Waals surface area contributed by atoms with Crippen LogP contribution in [0, 0.1) is 0 Å². The SMILES string of the molecule is CC(O)c1ccc(Br)c(OC(F)(F)F)c1. The third-order valence-corrected chi connectivity index (χ3v) is 2.32. The van der Waals surface area contributed by atoms with Gasteiger partial charge in [-0.3, -0.25) is 0 Å². The fraction of sp³-hybridized carbons (Fsp3) is 0.333. The van der Waals surface area contributed by atoms with Gasteiger partial charge in [0.25, 0.3) is 0 Å². The molecular formula is C9H8BrF3O2. The Balaban J connectivity index is 3.01. The molecule has 1 aromatic rings. The van der Waals surface area contributed by atoms with E-state index in [1.54, 1.807) is 0 Å². The van der Waals surface area contributed by atoms with E-state index < -0.39 is 12.5 Å². The molecule has 1 atom stereocenters. The average molecular weight is 285 g/mol. The minimum Gasteiger partial charge on any atom is -0.405 e. The quantitative estimate of drug-likeness (QED) is 0.902. The maximum atomic E-state index is 11.9. The number of hydrogen-bond acceptors (Lipinski definition) is 2. The van der Waals surface area contributed by atoms with Gasteiger partial charge < -0.3 is 9.84 Å². The van der Waals surface area contributed by atoms with Crippen LogP contribution < -0.4 is 4.74 Å². The van der Waals surface area contributed by atoms with Crippen molar-refractivity contribution in [3.63, 3.8) is 0 Å². The molecule has 1 aromatic carbocycles. The van der Waals surface area contributed by atoms with Gasteiger partial charge in [-0.05, 0) is 40.5 Å². The second kappa shape index (κ2) is 4.40. The number of halogens is 4. The van der Waals surface area contributed by atoms with Crippen molar-refractivity contribution in [1.29, 1.82) is 0 Å². The summed E-state index contributed by atoms with van der Waals surface area (Å²) in [5.74, 6) is -0.360. The summed E-state index contributed by atoms with van der Waals surface area (Å²) in [6, 6.07) is 4.04. The minimum absolute atomic E-state index is 0.184. The van der Waals surface area contributed by atoms with E-state index >= 15 is 0 Å². The number of alkyl halides is 3. The summed E-state index contributed by atoms with van der Waals surface area (Å²) in [6.07, 6.45) is -5.58. The Labute approximate surface area is 92.8 Å². The molecule has 0 spiro atoms. The third kappa shape index (κ3) is 3.71. The van der Waals surface area contributed by atoms with Gasteiger partial charge in [-0.15, -0.1) is 13.2 Å². The van der Waals surface area contributed by atoms with Crippen molar-refractivity contribution >= 4 is 15.9 Å². The molecule has 0 aliphatic heterocycles. The number of hydrogen-bond donors (Lipinski definition) is 1. The molecule has 0 heterocycles. The van der Waals surface area contributed by atoms with Crippen LogP contribution in [0.15, 0.2) is 22.7 Å². The van der Waals surface area contributed by atoms with Gasteiger partial charge in [0.15, 0.2) is 0 Å². The van der Waals surface area contributed by atoms with Crippen LogP contribution in [0.2, 0.25) is 0 Å². The molecule has 1 rings (SSSR count). The molecule has 6 heteroatoms. The molecule has 0 amide bonds. The zero-order chi connectivity index (χ0) is 11.6. The summed E-state index contributed by atoms with van der Waals surface area (Å²) in [4.78, 5) is 0. The molecule has 0 bridgehead atoms. The molecular weight excluding hydrogens is 277 g/mol. The van der Waals surface area contributed by atoms with Gasteiger partial charge in [-0.2, -0.15) is 0 Å². The van der Waals surface area contributed by atoms with Crippen molar-refractivity contribution in [2.45, 2.75) is 19.4 Å². The molecule has 1 N–H and O–H groups in total. The van der Waals surface area contributed by atoms with Gasteiger partial charge in [-0.25, -0.2) is 0 Å². The van der Waals surface area contributed by atoms with Gasteiger partial charge >= 0.3 is 6.36 Å². The van der Waals surface area contributed by atoms with E-state index in [-0.39, 0.29) is 10.2 Å². The van der Waals surface area contributed by atoms with Crippen LogP contribution in [0.1, 0.15) is 18.6 Å². The molecule has 1 unspecified atom stereocenters. The Kier molecular flexibility index (Phi) is 3.62. The van der Waals surface area contributed by atoms with E-state index in [1.807, 2.05) is 0 Å². The lowest BCUT2D eigenvalue weighted by Crippen LogP contribution is -2.17. The van der Waals surface area contributed by atoms with Crippen LogP contribution in [0.3, 0.4) is 0 Å². The molecule has 0 saturated carbocycles. The first-order chi connectivity index (χ1) is 6.79. The Bertz CT molecular complexity index is 350. The smallest absolute Gasteiger partial charge is 0.405 e. The van der Waals surface area contributed by atoms with Crippen LogP contribution in [0.25, 0.3) is 0 Å². The molecule has 0 aliphatic rings. The van der Waals surface area contributed by atoms with Crippen molar-refractivity contribution in [2.75, 3.05) is 0 Å². The standard InChI is InChI=1S/C9H8BrF3O2/c1-5(14)6-2-3-7(10)8(4-6)15-9(11,12)13/h2-5,14H,1H3. The molecule has 0 aliphatic carbocycles. The Morgan fingerprint density at radius 1 is 1.40 bits per heavy atom. The summed E-state index contributed by atoms with van der Waals surface area (Å²) in [5, 5.41) is 9.19. The highest BCUT2D eigenvalue weighted by molar-refractivity contribution is 9.10. The van der Waals surface area contributed by atoms with Gasteiger partial charge in [0.2, 0.25) is 0 Å². The Morgan fingerprint density at radius 3 is 2.47 bits per heavy atom. The monoisotopic (exact) mass is 284 g/mol. The highest BCUT2D eigenvalue weighted by Gasteiger charge is 2.32. The lowest BCUT2D eigenvalue weighted by atomic mass is 10.1. The number of ether oxygens (including phenoxy) is 1. The first kappa shape index (κ1) is 12.3. The zero-order valence-electron chi connectivity index (χ0n) is 7.68. The predicted molar refractivity (Wildman–Crippen MR) is 51.5 cm³/mol. The number of aliphatic hydroxyl groups excluding tert-OH is 1. The number of rotatable bonds is 2. The number of aliphatic hydroxyl groups is 1. The second-order valence-corrected chi connectivity index (χ2v) is 3.77. The van der Waals surface area contributed by atoms with E-state index in [0.717, 1.165) is 6.07 Å². The molecule has 0 fully saturated rings. The summed E-state index contributed by atoms with van der Waals surface area (Å²) in [5.41, 5.74) is 0.359. The highest BCUT2D eigenvalue weighted by atomic mass is 79.9. The van der Waals surface area contributed by atoms with E-state index in [2.05, 4.69) is 20.7 Å². The minimum atomic E-state index is -4.74. The zero-order valence-corrected chi connectivity index (χ0v) is 9.26. The van der Waals surface area contributed by atoms with Crippen molar-refractivity contribution in [3.8, 4) is 5.75 Å². The highest BCUT2D eigenvalue weighted by Crippen LogP contribution is 2.32. The van der Waals surface area contributed by atoms with E-state index in [1.165, 1.54) is 19.1 Å². The maximum Gasteiger partial charge on any atom is 0.573 e. The normalized spacial score (nSPS) is 13.7. The van der Waals surface area contributed by atoms with Crippen LogP contribution >= 0.6 is 15.9 Å². The summed E-state index contributed by atoms with van der Waals surface area (Å²) < 4.78 is 39.8. The largest absolute Gasteiger partial charge is 0.573 e. The average Bonchev–Trinajstić information content (AvgIpc) is 2.06. The van der Waals surface area contributed by atoms with Crippen LogP contribution in [0.5, 0.6) is 5.75 Å². The molecule has 15 heavy (non-hydrogen) atoms. The maximum absolute atomic E-state index is 11.9.